The second-order valence-electron chi connectivity index (χ2n) is 7.56. The van der Waals surface area contributed by atoms with Gasteiger partial charge in [-0.05, 0) is 29.3 Å². The van der Waals surface area contributed by atoms with Crippen molar-refractivity contribution in [1.82, 2.24) is 0 Å². The maximum atomic E-state index is 12.8. The molecule has 0 saturated carbocycles. The van der Waals surface area contributed by atoms with Gasteiger partial charge in [0.25, 0.3) is 0 Å². The average molecular weight is 366 g/mol. The molecule has 2 aliphatic heterocycles. The summed E-state index contributed by atoms with van der Waals surface area (Å²) in [5, 5.41) is 0. The summed E-state index contributed by atoms with van der Waals surface area (Å²) in [6, 6.07) is 29.1. The molecule has 0 aliphatic carbocycles. The van der Waals surface area contributed by atoms with E-state index in [0.29, 0.717) is 6.54 Å². The molecular formula is C25H22N2O. The van der Waals surface area contributed by atoms with E-state index < -0.39 is 5.54 Å². The molecule has 2 atom stereocenters. The zero-order chi connectivity index (χ0) is 19.1. The van der Waals surface area contributed by atoms with Gasteiger partial charge in [-0.2, -0.15) is 0 Å². The Kier molecular flexibility index (Phi) is 3.83. The van der Waals surface area contributed by atoms with Crippen molar-refractivity contribution in [3.63, 3.8) is 0 Å². The van der Waals surface area contributed by atoms with Crippen LogP contribution in [0, 0.1) is 0 Å². The monoisotopic (exact) mass is 366 g/mol. The molecule has 0 bridgehead atoms. The lowest BCUT2D eigenvalue weighted by atomic mass is 9.82. The molecule has 0 N–H and O–H groups in total. The van der Waals surface area contributed by atoms with Crippen LogP contribution in [0.25, 0.3) is 5.57 Å². The van der Waals surface area contributed by atoms with Gasteiger partial charge in [0.1, 0.15) is 5.54 Å². The maximum Gasteiger partial charge on any atom is 0.152 e. The molecule has 3 aromatic carbocycles. The van der Waals surface area contributed by atoms with Gasteiger partial charge in [-0.1, -0.05) is 72.8 Å². The molecule has 2 aliphatic rings. The molecule has 0 amide bonds. The molecule has 28 heavy (non-hydrogen) atoms. The summed E-state index contributed by atoms with van der Waals surface area (Å²) in [5.74, 6) is 0. The lowest BCUT2D eigenvalue weighted by molar-refractivity contribution is -0.110. The van der Waals surface area contributed by atoms with Crippen molar-refractivity contribution >= 4 is 23.2 Å². The van der Waals surface area contributed by atoms with Crippen LogP contribution in [-0.4, -0.2) is 25.4 Å². The predicted molar refractivity (Wildman–Crippen MR) is 115 cm³/mol. The summed E-state index contributed by atoms with van der Waals surface area (Å²) in [6.07, 6.45) is 3.42. The fourth-order valence-electron chi connectivity index (χ4n) is 4.75. The van der Waals surface area contributed by atoms with Crippen molar-refractivity contribution in [3.05, 3.63) is 102 Å². The number of likely N-dealkylation sites (N-methyl/N-ethyl adjacent to an activating group) is 1. The van der Waals surface area contributed by atoms with Gasteiger partial charge in [-0.25, -0.2) is 0 Å². The molecule has 3 aromatic rings. The first-order valence-corrected chi connectivity index (χ1v) is 9.63. The summed E-state index contributed by atoms with van der Waals surface area (Å²) in [5.41, 5.74) is 4.95. The highest BCUT2D eigenvalue weighted by Crippen LogP contribution is 2.52. The Bertz CT molecular complexity index is 1040. The highest BCUT2D eigenvalue weighted by molar-refractivity contribution is 6.03. The van der Waals surface area contributed by atoms with Crippen LogP contribution in [0.4, 0.5) is 11.4 Å². The fourth-order valence-corrected chi connectivity index (χ4v) is 4.75. The molecule has 138 valence electrons. The third-order valence-corrected chi connectivity index (χ3v) is 5.95. The molecular weight excluding hydrogens is 344 g/mol. The third kappa shape index (κ3) is 2.32. The molecule has 0 unspecified atom stereocenters. The highest BCUT2D eigenvalue weighted by Gasteiger charge is 2.52. The van der Waals surface area contributed by atoms with Crippen LogP contribution >= 0.6 is 0 Å². The number of anilines is 2. The predicted octanol–water partition coefficient (Wildman–Crippen LogP) is 4.72. The summed E-state index contributed by atoms with van der Waals surface area (Å²) in [6.45, 7) is 0.623. The first kappa shape index (κ1) is 16.8. The Balaban J connectivity index is 1.77. The molecule has 3 nitrogen and oxygen atoms in total. The minimum atomic E-state index is -0.717. The van der Waals surface area contributed by atoms with Gasteiger partial charge in [0.2, 0.25) is 0 Å². The Morgan fingerprint density at radius 3 is 2.25 bits per heavy atom. The number of nitrogens with zero attached hydrogens (tertiary/aromatic N) is 2. The number of benzene rings is 3. The van der Waals surface area contributed by atoms with Crippen molar-refractivity contribution in [2.45, 2.75) is 11.6 Å². The number of aldehydes is 1. The van der Waals surface area contributed by atoms with Crippen LogP contribution in [0.1, 0.15) is 17.2 Å². The Labute approximate surface area is 165 Å². The van der Waals surface area contributed by atoms with E-state index in [-0.39, 0.29) is 6.04 Å². The summed E-state index contributed by atoms with van der Waals surface area (Å²) >= 11 is 0. The normalized spacial score (nSPS) is 23.0. The van der Waals surface area contributed by atoms with Crippen LogP contribution in [-0.2, 0) is 4.79 Å². The number of hydrogen-bond acceptors (Lipinski definition) is 3. The van der Waals surface area contributed by atoms with E-state index in [0.717, 1.165) is 23.1 Å². The summed E-state index contributed by atoms with van der Waals surface area (Å²) < 4.78 is 0. The summed E-state index contributed by atoms with van der Waals surface area (Å²) in [7, 11) is 2.07. The van der Waals surface area contributed by atoms with Crippen LogP contribution in [0.2, 0.25) is 0 Å². The number of carbonyl (C=O) groups is 1. The van der Waals surface area contributed by atoms with Gasteiger partial charge in [-0.3, -0.25) is 0 Å². The molecule has 0 spiro atoms. The Morgan fingerprint density at radius 2 is 1.54 bits per heavy atom. The Hall–Kier alpha value is -3.33. The maximum absolute atomic E-state index is 12.8. The lowest BCUT2D eigenvalue weighted by Crippen LogP contribution is -2.57. The van der Waals surface area contributed by atoms with Crippen LogP contribution in [0.5, 0.6) is 0 Å². The molecule has 0 fully saturated rings. The highest BCUT2D eigenvalue weighted by atomic mass is 16.1. The molecule has 3 heteroatoms. The number of para-hydroxylation sites is 2. The molecule has 5 rings (SSSR count). The van der Waals surface area contributed by atoms with E-state index in [4.69, 9.17) is 0 Å². The van der Waals surface area contributed by atoms with Crippen molar-refractivity contribution in [1.29, 1.82) is 0 Å². The fraction of sp³-hybridized carbons (Fsp3) is 0.160. The second-order valence-corrected chi connectivity index (χ2v) is 7.56. The molecule has 2 heterocycles. The topological polar surface area (TPSA) is 23.6 Å². The number of fused-ring (bicyclic) bond motifs is 3. The first-order chi connectivity index (χ1) is 13.7. The van der Waals surface area contributed by atoms with E-state index in [1.165, 1.54) is 11.3 Å². The van der Waals surface area contributed by atoms with E-state index >= 15 is 0 Å². The van der Waals surface area contributed by atoms with Crippen molar-refractivity contribution < 1.29 is 4.79 Å². The zero-order valence-electron chi connectivity index (χ0n) is 15.8. The van der Waals surface area contributed by atoms with E-state index in [9.17, 15) is 4.79 Å². The zero-order valence-corrected chi connectivity index (χ0v) is 15.8. The van der Waals surface area contributed by atoms with Gasteiger partial charge in [-0.15, -0.1) is 0 Å². The number of hydrogen-bond donors (Lipinski definition) is 0. The second kappa shape index (κ2) is 6.38. The lowest BCUT2D eigenvalue weighted by Gasteiger charge is -2.47. The quantitative estimate of drug-likeness (QED) is 0.627. The first-order valence-electron chi connectivity index (χ1n) is 9.63. The molecule has 0 aromatic heterocycles. The SMILES string of the molecule is CN1C[C@]2(C=O)C(=C[C@H](c3ccccc3)N2c2ccccc2)c2ccccc21. The minimum absolute atomic E-state index is 0.00311. The van der Waals surface area contributed by atoms with Crippen LogP contribution < -0.4 is 9.80 Å². The van der Waals surface area contributed by atoms with Crippen LogP contribution in [0.15, 0.2) is 91.0 Å². The van der Waals surface area contributed by atoms with E-state index in [1.807, 2.05) is 24.3 Å². The Morgan fingerprint density at radius 1 is 0.893 bits per heavy atom. The van der Waals surface area contributed by atoms with E-state index in [2.05, 4.69) is 83.6 Å². The molecule has 0 saturated heterocycles. The molecule has 0 radical (unpaired) electrons. The standard InChI is InChI=1S/C25H22N2O/c1-26-17-25(18-28)22(21-14-8-9-15-23(21)26)16-24(19-10-4-2-5-11-19)27(25)20-12-6-3-7-13-20/h2-16,18,24H,17H2,1H3/t24-,25+/m1/s1. The van der Waals surface area contributed by atoms with Crippen molar-refractivity contribution in [3.8, 4) is 0 Å². The number of carbonyl (C=O) groups excluding carboxylic acids is 1. The average Bonchev–Trinajstić information content (AvgIpc) is 3.11. The minimum Gasteiger partial charge on any atom is -0.371 e. The van der Waals surface area contributed by atoms with E-state index in [1.54, 1.807) is 0 Å². The largest absolute Gasteiger partial charge is 0.371 e. The van der Waals surface area contributed by atoms with Gasteiger partial charge in [0.05, 0.1) is 12.6 Å². The van der Waals surface area contributed by atoms with Crippen LogP contribution in [0.3, 0.4) is 0 Å². The van der Waals surface area contributed by atoms with Gasteiger partial charge in [0, 0.05) is 24.0 Å². The summed E-state index contributed by atoms with van der Waals surface area (Å²) in [4.78, 5) is 17.3. The third-order valence-electron chi connectivity index (χ3n) is 5.95. The number of rotatable bonds is 3. The van der Waals surface area contributed by atoms with Gasteiger partial charge >= 0.3 is 0 Å². The van der Waals surface area contributed by atoms with Gasteiger partial charge in [0.15, 0.2) is 6.29 Å². The van der Waals surface area contributed by atoms with Crippen molar-refractivity contribution in [2.24, 2.45) is 0 Å². The van der Waals surface area contributed by atoms with Crippen molar-refractivity contribution in [2.75, 3.05) is 23.4 Å². The van der Waals surface area contributed by atoms with Gasteiger partial charge < -0.3 is 14.6 Å². The smallest absolute Gasteiger partial charge is 0.152 e.